The third-order valence-corrected chi connectivity index (χ3v) is 6.35. The lowest BCUT2D eigenvalue weighted by atomic mass is 10.1. The van der Waals surface area contributed by atoms with Gasteiger partial charge in [-0.1, -0.05) is 36.7 Å². The van der Waals surface area contributed by atoms with E-state index in [1.165, 1.54) is 18.1 Å². The molecule has 10 heteroatoms. The SMILES string of the molecule is CCCNC(=O)C(C)N(Cc1cccc(OC)c1)C(=O)CN(c1cccc(Cl)c1)S(C)(=O)=O. The van der Waals surface area contributed by atoms with Gasteiger partial charge in [0.15, 0.2) is 0 Å². The Bertz CT molecular complexity index is 1080. The van der Waals surface area contributed by atoms with Crippen LogP contribution in [0.25, 0.3) is 0 Å². The van der Waals surface area contributed by atoms with Crippen molar-refractivity contribution < 1.29 is 22.7 Å². The van der Waals surface area contributed by atoms with Gasteiger partial charge in [-0.2, -0.15) is 0 Å². The van der Waals surface area contributed by atoms with Gasteiger partial charge >= 0.3 is 0 Å². The summed E-state index contributed by atoms with van der Waals surface area (Å²) in [6.07, 6.45) is 1.77. The summed E-state index contributed by atoms with van der Waals surface area (Å²) < 4.78 is 31.2. The zero-order valence-electron chi connectivity index (χ0n) is 19.2. The molecule has 1 unspecified atom stereocenters. The lowest BCUT2D eigenvalue weighted by Crippen LogP contribution is -2.51. The minimum Gasteiger partial charge on any atom is -0.497 e. The fourth-order valence-electron chi connectivity index (χ4n) is 3.19. The van der Waals surface area contributed by atoms with Crippen molar-refractivity contribution in [1.29, 1.82) is 0 Å². The summed E-state index contributed by atoms with van der Waals surface area (Å²) in [5.74, 6) is -0.233. The summed E-state index contributed by atoms with van der Waals surface area (Å²) in [7, 11) is -2.26. The lowest BCUT2D eigenvalue weighted by molar-refractivity contribution is -0.139. The highest BCUT2D eigenvalue weighted by Gasteiger charge is 2.30. The summed E-state index contributed by atoms with van der Waals surface area (Å²) >= 11 is 6.03. The standard InChI is InChI=1S/C23H30ClN3O5S/c1-5-12-25-23(29)17(2)26(15-18-8-6-11-21(13-18)32-3)22(28)16-27(33(4,30)31)20-10-7-9-19(24)14-20/h6-11,13-14,17H,5,12,15-16H2,1-4H3,(H,25,29). The quantitative estimate of drug-likeness (QED) is 0.517. The number of halogens is 1. The summed E-state index contributed by atoms with van der Waals surface area (Å²) in [5.41, 5.74) is 1.01. The molecule has 2 aromatic rings. The van der Waals surface area contributed by atoms with Crippen molar-refractivity contribution in [1.82, 2.24) is 10.2 Å². The zero-order valence-corrected chi connectivity index (χ0v) is 20.8. The Kier molecular flexibility index (Phi) is 9.55. The molecule has 0 radical (unpaired) electrons. The Morgan fingerprint density at radius 3 is 2.45 bits per heavy atom. The fraction of sp³-hybridized carbons (Fsp3) is 0.391. The Labute approximate surface area is 200 Å². The first kappa shape index (κ1) is 26.5. The number of rotatable bonds is 11. The van der Waals surface area contributed by atoms with E-state index in [-0.39, 0.29) is 18.1 Å². The highest BCUT2D eigenvalue weighted by molar-refractivity contribution is 7.92. The molecule has 0 saturated heterocycles. The van der Waals surface area contributed by atoms with E-state index >= 15 is 0 Å². The van der Waals surface area contributed by atoms with Crippen LogP contribution in [-0.4, -0.2) is 57.6 Å². The Hall–Kier alpha value is -2.78. The van der Waals surface area contributed by atoms with Crippen molar-refractivity contribution in [3.63, 3.8) is 0 Å². The van der Waals surface area contributed by atoms with Gasteiger partial charge in [0, 0.05) is 18.1 Å². The Morgan fingerprint density at radius 1 is 1.15 bits per heavy atom. The average Bonchev–Trinajstić information content (AvgIpc) is 2.78. The topological polar surface area (TPSA) is 96.0 Å². The van der Waals surface area contributed by atoms with Crippen molar-refractivity contribution in [2.45, 2.75) is 32.9 Å². The molecule has 0 aliphatic heterocycles. The zero-order chi connectivity index (χ0) is 24.6. The molecular formula is C23H30ClN3O5S. The van der Waals surface area contributed by atoms with E-state index in [9.17, 15) is 18.0 Å². The van der Waals surface area contributed by atoms with E-state index in [1.54, 1.807) is 43.3 Å². The van der Waals surface area contributed by atoms with Crippen LogP contribution in [0, 0.1) is 0 Å². The number of hydrogen-bond donors (Lipinski definition) is 1. The number of anilines is 1. The predicted octanol–water partition coefficient (Wildman–Crippen LogP) is 3.06. The highest BCUT2D eigenvalue weighted by atomic mass is 35.5. The second kappa shape index (κ2) is 11.9. The maximum Gasteiger partial charge on any atom is 0.244 e. The van der Waals surface area contributed by atoms with Crippen LogP contribution in [0.2, 0.25) is 5.02 Å². The largest absolute Gasteiger partial charge is 0.497 e. The van der Waals surface area contributed by atoms with E-state index in [1.807, 2.05) is 13.0 Å². The van der Waals surface area contributed by atoms with Gasteiger partial charge in [0.05, 0.1) is 19.1 Å². The van der Waals surface area contributed by atoms with Gasteiger partial charge in [0.1, 0.15) is 18.3 Å². The molecule has 2 rings (SSSR count). The van der Waals surface area contributed by atoms with Gasteiger partial charge in [-0.05, 0) is 49.2 Å². The van der Waals surface area contributed by atoms with Gasteiger partial charge in [0.2, 0.25) is 21.8 Å². The monoisotopic (exact) mass is 495 g/mol. The molecule has 0 saturated carbocycles. The van der Waals surface area contributed by atoms with Crippen LogP contribution in [-0.2, 0) is 26.2 Å². The number of benzene rings is 2. The number of nitrogens with zero attached hydrogens (tertiary/aromatic N) is 2. The molecule has 33 heavy (non-hydrogen) atoms. The summed E-state index contributed by atoms with van der Waals surface area (Å²) in [5, 5.41) is 3.13. The Morgan fingerprint density at radius 2 is 1.85 bits per heavy atom. The highest BCUT2D eigenvalue weighted by Crippen LogP contribution is 2.23. The van der Waals surface area contributed by atoms with Crippen LogP contribution in [0.4, 0.5) is 5.69 Å². The van der Waals surface area contributed by atoms with Crippen LogP contribution in [0.3, 0.4) is 0 Å². The number of sulfonamides is 1. The number of methoxy groups -OCH3 is 1. The summed E-state index contributed by atoms with van der Waals surface area (Å²) in [4.78, 5) is 27.5. The van der Waals surface area contributed by atoms with E-state index < -0.39 is 28.5 Å². The third-order valence-electron chi connectivity index (χ3n) is 4.98. The van der Waals surface area contributed by atoms with Crippen LogP contribution in [0.15, 0.2) is 48.5 Å². The van der Waals surface area contributed by atoms with Gasteiger partial charge in [-0.25, -0.2) is 8.42 Å². The molecule has 0 heterocycles. The second-order valence-corrected chi connectivity index (χ2v) is 9.93. The van der Waals surface area contributed by atoms with Gasteiger partial charge < -0.3 is 15.0 Å². The van der Waals surface area contributed by atoms with Crippen LogP contribution in [0.1, 0.15) is 25.8 Å². The molecule has 0 aromatic heterocycles. The number of ether oxygens (including phenoxy) is 1. The molecule has 0 spiro atoms. The molecule has 0 aliphatic rings. The molecule has 2 amide bonds. The second-order valence-electron chi connectivity index (χ2n) is 7.59. The number of amides is 2. The van der Waals surface area contributed by atoms with Crippen molar-refractivity contribution >= 4 is 39.1 Å². The van der Waals surface area contributed by atoms with Crippen molar-refractivity contribution in [2.75, 3.05) is 30.8 Å². The molecule has 2 aromatic carbocycles. The molecule has 1 N–H and O–H groups in total. The van der Waals surface area contributed by atoms with Gasteiger partial charge in [-0.15, -0.1) is 0 Å². The lowest BCUT2D eigenvalue weighted by Gasteiger charge is -2.31. The number of carbonyl (C=O) groups excluding carboxylic acids is 2. The molecule has 0 bridgehead atoms. The van der Waals surface area contributed by atoms with Crippen LogP contribution < -0.4 is 14.4 Å². The Balaban J connectivity index is 2.38. The minimum absolute atomic E-state index is 0.101. The summed E-state index contributed by atoms with van der Waals surface area (Å²) in [6.45, 7) is 3.65. The number of hydrogen-bond acceptors (Lipinski definition) is 5. The van der Waals surface area contributed by atoms with E-state index in [2.05, 4.69) is 5.32 Å². The van der Waals surface area contributed by atoms with Gasteiger partial charge in [-0.3, -0.25) is 13.9 Å². The van der Waals surface area contributed by atoms with Gasteiger partial charge in [0.25, 0.3) is 0 Å². The smallest absolute Gasteiger partial charge is 0.244 e. The molecule has 180 valence electrons. The first-order chi connectivity index (χ1) is 15.6. The predicted molar refractivity (Wildman–Crippen MR) is 130 cm³/mol. The van der Waals surface area contributed by atoms with Crippen LogP contribution >= 0.6 is 11.6 Å². The first-order valence-electron chi connectivity index (χ1n) is 10.5. The number of nitrogens with one attached hydrogen (secondary N) is 1. The van der Waals surface area contributed by atoms with E-state index in [4.69, 9.17) is 16.3 Å². The average molecular weight is 496 g/mol. The molecular weight excluding hydrogens is 466 g/mol. The maximum absolute atomic E-state index is 13.4. The van der Waals surface area contributed by atoms with Crippen LogP contribution in [0.5, 0.6) is 5.75 Å². The van der Waals surface area contributed by atoms with Crippen molar-refractivity contribution in [3.05, 3.63) is 59.1 Å². The van der Waals surface area contributed by atoms with E-state index in [0.717, 1.165) is 22.5 Å². The van der Waals surface area contributed by atoms with E-state index in [0.29, 0.717) is 17.3 Å². The first-order valence-corrected chi connectivity index (χ1v) is 12.7. The third kappa shape index (κ3) is 7.64. The van der Waals surface area contributed by atoms with Crippen molar-refractivity contribution in [2.24, 2.45) is 0 Å². The maximum atomic E-state index is 13.4. The minimum atomic E-state index is -3.80. The molecule has 8 nitrogen and oxygen atoms in total. The molecule has 0 aliphatic carbocycles. The molecule has 1 atom stereocenters. The number of carbonyl (C=O) groups is 2. The van der Waals surface area contributed by atoms with Crippen molar-refractivity contribution in [3.8, 4) is 5.75 Å². The normalized spacial score (nSPS) is 12.0. The summed E-state index contributed by atoms with van der Waals surface area (Å²) in [6, 6.07) is 12.6. The fourth-order valence-corrected chi connectivity index (χ4v) is 4.22. The molecule has 0 fully saturated rings.